The first-order valence-electron chi connectivity index (χ1n) is 4.81. The molecule has 1 heterocycles. The molecule has 14 heavy (non-hydrogen) atoms. The van der Waals surface area contributed by atoms with Crippen molar-refractivity contribution in [2.75, 3.05) is 18.9 Å². The van der Waals surface area contributed by atoms with E-state index in [1.807, 2.05) is 23.1 Å². The van der Waals surface area contributed by atoms with Gasteiger partial charge in [0.2, 0.25) is 0 Å². The topological polar surface area (TPSA) is 21.1 Å². The van der Waals surface area contributed by atoms with Crippen molar-refractivity contribution in [1.29, 1.82) is 0 Å². The third-order valence-corrected chi connectivity index (χ3v) is 3.96. The van der Waals surface area contributed by atoms with E-state index in [-0.39, 0.29) is 5.54 Å². The van der Waals surface area contributed by atoms with Crippen LogP contribution >= 0.6 is 15.9 Å². The van der Waals surface area contributed by atoms with Crippen LogP contribution in [0.25, 0.3) is 0 Å². The zero-order chi connectivity index (χ0) is 10.6. The predicted octanol–water partition coefficient (Wildman–Crippen LogP) is 1.99. The summed E-state index contributed by atoms with van der Waals surface area (Å²) in [5.74, 6) is 0. The number of likely N-dealkylation sites (N-methyl/N-ethyl adjacent to an activating group) is 1. The van der Waals surface area contributed by atoms with E-state index in [1.54, 1.807) is 0 Å². The maximum atomic E-state index is 4.17. The normalized spacial score (nSPS) is 12.4. The molecule has 0 N–H and O–H groups in total. The fourth-order valence-electron chi connectivity index (χ4n) is 1.09. The Morgan fingerprint density at radius 1 is 1.50 bits per heavy atom. The van der Waals surface area contributed by atoms with Gasteiger partial charge >= 0.3 is 0 Å². The van der Waals surface area contributed by atoms with Crippen molar-refractivity contribution in [3.05, 3.63) is 18.5 Å². The number of alkyl halides is 1. The first-order chi connectivity index (χ1) is 6.56. The fraction of sp³-hybridized carbons (Fsp3) is 0.700. The molecule has 0 fully saturated rings. The molecule has 80 valence electrons. The van der Waals surface area contributed by atoms with Crippen LogP contribution in [0.5, 0.6) is 0 Å². The average Bonchev–Trinajstić information content (AvgIpc) is 2.66. The highest BCUT2D eigenvalue weighted by atomic mass is 79.9. The van der Waals surface area contributed by atoms with E-state index in [9.17, 15) is 0 Å². The van der Waals surface area contributed by atoms with Gasteiger partial charge in [0.1, 0.15) is 0 Å². The summed E-state index contributed by atoms with van der Waals surface area (Å²) in [6.45, 7) is 6.41. The molecule has 1 rings (SSSR count). The van der Waals surface area contributed by atoms with Crippen molar-refractivity contribution < 1.29 is 0 Å². The maximum Gasteiger partial charge on any atom is 0.0536 e. The Kier molecular flexibility index (Phi) is 4.13. The molecular formula is C10H18BrN3. The molecule has 0 saturated heterocycles. The second-order valence-corrected chi connectivity index (χ2v) is 4.70. The average molecular weight is 260 g/mol. The van der Waals surface area contributed by atoms with Crippen molar-refractivity contribution in [3.8, 4) is 0 Å². The lowest BCUT2D eigenvalue weighted by Gasteiger charge is -2.33. The monoisotopic (exact) mass is 259 g/mol. The van der Waals surface area contributed by atoms with E-state index >= 15 is 0 Å². The molecule has 3 nitrogen and oxygen atoms in total. The van der Waals surface area contributed by atoms with E-state index in [0.717, 1.165) is 18.4 Å². The molecule has 0 saturated carbocycles. The number of halogens is 1. The number of aromatic nitrogens is 2. The molecule has 0 aliphatic rings. The highest BCUT2D eigenvalue weighted by Crippen LogP contribution is 2.14. The van der Waals surface area contributed by atoms with E-state index in [4.69, 9.17) is 0 Å². The summed E-state index contributed by atoms with van der Waals surface area (Å²) in [5.41, 5.74) is 0.202. The first-order valence-corrected chi connectivity index (χ1v) is 5.93. The highest BCUT2D eigenvalue weighted by molar-refractivity contribution is 9.09. The lowest BCUT2D eigenvalue weighted by atomic mass is 10.1. The molecule has 1 aromatic rings. The quantitative estimate of drug-likeness (QED) is 0.755. The molecule has 0 bridgehead atoms. The second-order valence-electron chi connectivity index (χ2n) is 4.14. The summed E-state index contributed by atoms with van der Waals surface area (Å²) in [5, 5.41) is 5.16. The van der Waals surface area contributed by atoms with Gasteiger partial charge in [-0.15, -0.1) is 0 Å². The Labute approximate surface area is 94.2 Å². The Bertz CT molecular complexity index is 256. The summed E-state index contributed by atoms with van der Waals surface area (Å²) < 4.78 is 1.96. The summed E-state index contributed by atoms with van der Waals surface area (Å²) in [4.78, 5) is 2.34. The largest absolute Gasteiger partial charge is 0.299 e. The second kappa shape index (κ2) is 4.94. The molecule has 0 atom stereocenters. The smallest absolute Gasteiger partial charge is 0.0536 e. The van der Waals surface area contributed by atoms with Crippen molar-refractivity contribution in [2.24, 2.45) is 0 Å². The van der Waals surface area contributed by atoms with Crippen molar-refractivity contribution >= 4 is 15.9 Å². The van der Waals surface area contributed by atoms with E-state index in [2.05, 4.69) is 46.8 Å². The van der Waals surface area contributed by atoms with Crippen molar-refractivity contribution in [1.82, 2.24) is 14.7 Å². The summed E-state index contributed by atoms with van der Waals surface area (Å²) >= 11 is 3.53. The summed E-state index contributed by atoms with van der Waals surface area (Å²) in [6, 6.07) is 1.95. The molecule has 0 unspecified atom stereocenters. The van der Waals surface area contributed by atoms with Gasteiger partial charge in [0.25, 0.3) is 0 Å². The molecule has 0 aliphatic heterocycles. The van der Waals surface area contributed by atoms with Crippen LogP contribution in [0, 0.1) is 0 Å². The van der Waals surface area contributed by atoms with Gasteiger partial charge in [-0.05, 0) is 27.0 Å². The van der Waals surface area contributed by atoms with Crippen LogP contribution < -0.4 is 0 Å². The molecule has 0 spiro atoms. The summed E-state index contributed by atoms with van der Waals surface area (Å²) in [7, 11) is 2.14. The van der Waals surface area contributed by atoms with Crippen molar-refractivity contribution in [2.45, 2.75) is 25.9 Å². The van der Waals surface area contributed by atoms with Gasteiger partial charge in [0, 0.05) is 29.8 Å². The SMILES string of the molecule is CN(CCn1cccn1)C(C)(C)CBr. The van der Waals surface area contributed by atoms with Crippen LogP contribution in [0.1, 0.15) is 13.8 Å². The minimum atomic E-state index is 0.202. The molecular weight excluding hydrogens is 242 g/mol. The third-order valence-electron chi connectivity index (χ3n) is 2.58. The molecule has 0 radical (unpaired) electrons. The molecule has 4 heteroatoms. The van der Waals surface area contributed by atoms with E-state index < -0.39 is 0 Å². The van der Waals surface area contributed by atoms with Gasteiger partial charge in [0.15, 0.2) is 0 Å². The summed E-state index contributed by atoms with van der Waals surface area (Å²) in [6.07, 6.45) is 3.81. The molecule has 1 aromatic heterocycles. The molecule has 0 aromatic carbocycles. The van der Waals surface area contributed by atoms with Crippen molar-refractivity contribution in [3.63, 3.8) is 0 Å². The minimum absolute atomic E-state index is 0.202. The van der Waals surface area contributed by atoms with Gasteiger partial charge in [-0.3, -0.25) is 9.58 Å². The van der Waals surface area contributed by atoms with Gasteiger partial charge in [-0.2, -0.15) is 5.10 Å². The first kappa shape index (κ1) is 11.7. The van der Waals surface area contributed by atoms with Crippen LogP contribution in [-0.2, 0) is 6.54 Å². The zero-order valence-corrected chi connectivity index (χ0v) is 10.7. The lowest BCUT2D eigenvalue weighted by Crippen LogP contribution is -2.44. The fourth-order valence-corrected chi connectivity index (χ4v) is 1.52. The number of rotatable bonds is 5. The Hall–Kier alpha value is -0.350. The molecule has 0 aliphatic carbocycles. The van der Waals surface area contributed by atoms with Gasteiger partial charge in [0.05, 0.1) is 6.54 Å². The minimum Gasteiger partial charge on any atom is -0.299 e. The standard InChI is InChI=1S/C10H18BrN3/c1-10(2,9-11)13(3)7-8-14-6-4-5-12-14/h4-6H,7-9H2,1-3H3. The van der Waals surface area contributed by atoms with E-state index in [0.29, 0.717) is 0 Å². The Morgan fingerprint density at radius 2 is 2.21 bits per heavy atom. The van der Waals surface area contributed by atoms with Crippen LogP contribution in [0.15, 0.2) is 18.5 Å². The Morgan fingerprint density at radius 3 is 2.71 bits per heavy atom. The van der Waals surface area contributed by atoms with Crippen LogP contribution in [0.4, 0.5) is 0 Å². The van der Waals surface area contributed by atoms with E-state index in [1.165, 1.54) is 0 Å². The third kappa shape index (κ3) is 3.10. The Balaban J connectivity index is 2.38. The van der Waals surface area contributed by atoms with Crippen LogP contribution in [0.2, 0.25) is 0 Å². The van der Waals surface area contributed by atoms with Gasteiger partial charge in [-0.25, -0.2) is 0 Å². The number of hydrogen-bond donors (Lipinski definition) is 0. The molecule has 0 amide bonds. The number of hydrogen-bond acceptors (Lipinski definition) is 2. The van der Waals surface area contributed by atoms with Crippen LogP contribution in [0.3, 0.4) is 0 Å². The van der Waals surface area contributed by atoms with Gasteiger partial charge < -0.3 is 0 Å². The van der Waals surface area contributed by atoms with Gasteiger partial charge in [-0.1, -0.05) is 15.9 Å². The lowest BCUT2D eigenvalue weighted by molar-refractivity contribution is 0.173. The number of nitrogens with zero attached hydrogens (tertiary/aromatic N) is 3. The zero-order valence-electron chi connectivity index (χ0n) is 9.07. The maximum absolute atomic E-state index is 4.17. The van der Waals surface area contributed by atoms with Crippen LogP contribution in [-0.4, -0.2) is 39.1 Å². The highest BCUT2D eigenvalue weighted by Gasteiger charge is 2.21. The predicted molar refractivity (Wildman–Crippen MR) is 62.7 cm³/mol.